The Morgan fingerprint density at radius 3 is 2.81 bits per heavy atom. The topological polar surface area (TPSA) is 53.6 Å². The monoisotopic (exact) mass is 295 g/mol. The van der Waals surface area contributed by atoms with E-state index in [1.54, 1.807) is 0 Å². The van der Waals surface area contributed by atoms with E-state index in [1.165, 1.54) is 18.2 Å². The first kappa shape index (κ1) is 15.6. The zero-order valence-electron chi connectivity index (χ0n) is 12.5. The van der Waals surface area contributed by atoms with Gasteiger partial charge in [0.15, 0.2) is 0 Å². The normalized spacial score (nSPS) is 16.5. The molecule has 0 bridgehead atoms. The number of benzene rings is 1. The second kappa shape index (κ2) is 7.26. The summed E-state index contributed by atoms with van der Waals surface area (Å²) in [6, 6.07) is 3.98. The van der Waals surface area contributed by atoms with Gasteiger partial charge in [-0.1, -0.05) is 0 Å². The molecule has 2 N–H and O–H groups in total. The maximum Gasteiger partial charge on any atom is 0.319 e. The average molecular weight is 295 g/mol. The minimum atomic E-state index is -0.389. The number of halogens is 1. The molecule has 0 aromatic heterocycles. The van der Waals surface area contributed by atoms with Crippen molar-refractivity contribution in [2.45, 2.75) is 25.8 Å². The molecule has 1 aliphatic rings. The van der Waals surface area contributed by atoms with Gasteiger partial charge >= 0.3 is 6.03 Å². The second-order valence-electron chi connectivity index (χ2n) is 5.25. The maximum absolute atomic E-state index is 13.2. The van der Waals surface area contributed by atoms with Gasteiger partial charge in [-0.15, -0.1) is 0 Å². The number of likely N-dealkylation sites (tertiary alicyclic amines) is 1. The molecule has 2 amide bonds. The number of rotatable bonds is 4. The summed E-state index contributed by atoms with van der Waals surface area (Å²) in [5.74, 6) is -0.0456. The van der Waals surface area contributed by atoms with Gasteiger partial charge in [-0.05, 0) is 52.0 Å². The Morgan fingerprint density at radius 1 is 1.43 bits per heavy atom. The molecule has 5 nitrogen and oxygen atoms in total. The standard InChI is InChI=1S/C15H22FN3O2/c1-3-21-14-10-11(16)4-5-13(14)18-15(20)17-12-6-8-19(2)9-7-12/h4-5,10,12H,3,6-9H2,1-2H3,(H2,17,18,20). The summed E-state index contributed by atoms with van der Waals surface area (Å²) in [6.45, 7) is 4.18. The summed E-state index contributed by atoms with van der Waals surface area (Å²) >= 11 is 0. The molecule has 1 saturated heterocycles. The van der Waals surface area contributed by atoms with Gasteiger partial charge in [0.05, 0.1) is 12.3 Å². The highest BCUT2D eigenvalue weighted by atomic mass is 19.1. The van der Waals surface area contributed by atoms with Crippen LogP contribution in [0, 0.1) is 5.82 Å². The third-order valence-electron chi connectivity index (χ3n) is 3.55. The van der Waals surface area contributed by atoms with Crippen LogP contribution in [0.15, 0.2) is 18.2 Å². The first-order valence-corrected chi connectivity index (χ1v) is 7.27. The third-order valence-corrected chi connectivity index (χ3v) is 3.55. The van der Waals surface area contributed by atoms with Crippen molar-refractivity contribution in [1.29, 1.82) is 0 Å². The van der Waals surface area contributed by atoms with Gasteiger partial charge in [0.2, 0.25) is 0 Å². The van der Waals surface area contributed by atoms with Gasteiger partial charge in [-0.2, -0.15) is 0 Å². The van der Waals surface area contributed by atoms with Crippen LogP contribution in [0.4, 0.5) is 14.9 Å². The smallest absolute Gasteiger partial charge is 0.319 e. The third kappa shape index (κ3) is 4.60. The number of piperidine rings is 1. The molecule has 116 valence electrons. The first-order valence-electron chi connectivity index (χ1n) is 7.27. The molecule has 0 saturated carbocycles. The largest absolute Gasteiger partial charge is 0.492 e. The Kier molecular flexibility index (Phi) is 5.38. The molecule has 2 rings (SSSR count). The summed E-state index contributed by atoms with van der Waals surface area (Å²) in [6.07, 6.45) is 1.87. The molecule has 0 unspecified atom stereocenters. The van der Waals surface area contributed by atoms with Crippen LogP contribution < -0.4 is 15.4 Å². The highest BCUT2D eigenvalue weighted by Gasteiger charge is 2.19. The Hall–Kier alpha value is -1.82. The minimum absolute atomic E-state index is 0.178. The Labute approximate surface area is 124 Å². The van der Waals surface area contributed by atoms with E-state index in [1.807, 2.05) is 6.92 Å². The molecular weight excluding hydrogens is 273 g/mol. The number of ether oxygens (including phenoxy) is 1. The number of urea groups is 1. The van der Waals surface area contributed by atoms with E-state index in [4.69, 9.17) is 4.74 Å². The van der Waals surface area contributed by atoms with Crippen molar-refractivity contribution >= 4 is 11.7 Å². The van der Waals surface area contributed by atoms with Crippen molar-refractivity contribution in [3.63, 3.8) is 0 Å². The first-order chi connectivity index (χ1) is 10.1. The molecule has 21 heavy (non-hydrogen) atoms. The van der Waals surface area contributed by atoms with Gasteiger partial charge in [0.25, 0.3) is 0 Å². The quantitative estimate of drug-likeness (QED) is 0.897. The SMILES string of the molecule is CCOc1cc(F)ccc1NC(=O)NC1CCN(C)CC1. The number of nitrogens with one attached hydrogen (secondary N) is 2. The molecule has 6 heteroatoms. The maximum atomic E-state index is 13.2. The lowest BCUT2D eigenvalue weighted by Crippen LogP contribution is -2.44. The number of carbonyl (C=O) groups excluding carboxylic acids is 1. The number of carbonyl (C=O) groups is 1. The molecule has 0 atom stereocenters. The molecule has 1 aliphatic heterocycles. The molecule has 0 spiro atoms. The molecule has 1 aromatic carbocycles. The number of anilines is 1. The molecular formula is C15H22FN3O2. The van der Waals surface area contributed by atoms with Crippen LogP contribution >= 0.6 is 0 Å². The zero-order valence-corrected chi connectivity index (χ0v) is 12.5. The van der Waals surface area contributed by atoms with Gasteiger partial charge < -0.3 is 20.3 Å². The Balaban J connectivity index is 1.93. The van der Waals surface area contributed by atoms with Gasteiger partial charge in [0.1, 0.15) is 11.6 Å². The predicted octanol–water partition coefficient (Wildman–Crippen LogP) is 2.44. The number of hydrogen-bond donors (Lipinski definition) is 2. The van der Waals surface area contributed by atoms with Crippen LogP contribution in [0.25, 0.3) is 0 Å². The molecule has 1 fully saturated rings. The summed E-state index contributed by atoms with van der Waals surface area (Å²) in [7, 11) is 2.07. The van der Waals surface area contributed by atoms with E-state index < -0.39 is 0 Å². The van der Waals surface area contributed by atoms with Crippen molar-refractivity contribution in [2.75, 3.05) is 32.1 Å². The molecule has 0 radical (unpaired) electrons. The van der Waals surface area contributed by atoms with E-state index in [9.17, 15) is 9.18 Å². The van der Waals surface area contributed by atoms with E-state index in [0.29, 0.717) is 18.0 Å². The van der Waals surface area contributed by atoms with E-state index in [-0.39, 0.29) is 17.9 Å². The van der Waals surface area contributed by atoms with Crippen molar-refractivity contribution in [2.24, 2.45) is 0 Å². The molecule has 0 aliphatic carbocycles. The van der Waals surface area contributed by atoms with Gasteiger partial charge in [-0.25, -0.2) is 9.18 Å². The fourth-order valence-corrected chi connectivity index (χ4v) is 2.37. The minimum Gasteiger partial charge on any atom is -0.492 e. The number of nitrogens with zero attached hydrogens (tertiary/aromatic N) is 1. The average Bonchev–Trinajstić information content (AvgIpc) is 2.45. The van der Waals surface area contributed by atoms with Gasteiger partial charge in [-0.3, -0.25) is 0 Å². The van der Waals surface area contributed by atoms with E-state index in [2.05, 4.69) is 22.6 Å². The molecule has 1 heterocycles. The van der Waals surface area contributed by atoms with Crippen molar-refractivity contribution < 1.29 is 13.9 Å². The fraction of sp³-hybridized carbons (Fsp3) is 0.533. The van der Waals surface area contributed by atoms with Crippen LogP contribution in [0.2, 0.25) is 0 Å². The summed E-state index contributed by atoms with van der Waals surface area (Å²) in [4.78, 5) is 14.3. The second-order valence-corrected chi connectivity index (χ2v) is 5.25. The summed E-state index contributed by atoms with van der Waals surface area (Å²) in [5, 5.41) is 5.67. The lowest BCUT2D eigenvalue weighted by Gasteiger charge is -2.29. The zero-order chi connectivity index (χ0) is 15.2. The summed E-state index contributed by atoms with van der Waals surface area (Å²) < 4.78 is 18.5. The predicted molar refractivity (Wildman–Crippen MR) is 80.2 cm³/mol. The molecule has 1 aromatic rings. The lowest BCUT2D eigenvalue weighted by molar-refractivity contribution is 0.221. The number of amides is 2. The van der Waals surface area contributed by atoms with Gasteiger partial charge in [0, 0.05) is 12.1 Å². The Morgan fingerprint density at radius 2 is 2.14 bits per heavy atom. The van der Waals surface area contributed by atoms with Crippen LogP contribution in [0.1, 0.15) is 19.8 Å². The highest BCUT2D eigenvalue weighted by Crippen LogP contribution is 2.25. The van der Waals surface area contributed by atoms with Crippen LogP contribution in [-0.4, -0.2) is 43.7 Å². The summed E-state index contributed by atoms with van der Waals surface area (Å²) in [5.41, 5.74) is 0.476. The van der Waals surface area contributed by atoms with Crippen LogP contribution in [-0.2, 0) is 0 Å². The Bertz CT molecular complexity index is 488. The number of hydrogen-bond acceptors (Lipinski definition) is 3. The van der Waals surface area contributed by atoms with E-state index in [0.717, 1.165) is 25.9 Å². The lowest BCUT2D eigenvalue weighted by atomic mass is 10.1. The van der Waals surface area contributed by atoms with Crippen molar-refractivity contribution in [3.8, 4) is 5.75 Å². The van der Waals surface area contributed by atoms with Crippen molar-refractivity contribution in [1.82, 2.24) is 10.2 Å². The van der Waals surface area contributed by atoms with Crippen LogP contribution in [0.3, 0.4) is 0 Å². The van der Waals surface area contributed by atoms with E-state index >= 15 is 0 Å². The highest BCUT2D eigenvalue weighted by molar-refractivity contribution is 5.91. The fourth-order valence-electron chi connectivity index (χ4n) is 2.37. The van der Waals surface area contributed by atoms with Crippen LogP contribution in [0.5, 0.6) is 5.75 Å². The van der Waals surface area contributed by atoms with Crippen molar-refractivity contribution in [3.05, 3.63) is 24.0 Å².